The van der Waals surface area contributed by atoms with Gasteiger partial charge in [0.25, 0.3) is 0 Å². The predicted molar refractivity (Wildman–Crippen MR) is 64.6 cm³/mol. The number of hydrogen-bond donors (Lipinski definition) is 1. The molecule has 0 amide bonds. The first-order valence-electron chi connectivity index (χ1n) is 4.38. The summed E-state index contributed by atoms with van der Waals surface area (Å²) < 4.78 is 1.53. The second-order valence-electron chi connectivity index (χ2n) is 3.33. The van der Waals surface area contributed by atoms with Crippen molar-refractivity contribution in [3.8, 4) is 0 Å². The van der Waals surface area contributed by atoms with E-state index in [0.29, 0.717) is 0 Å². The summed E-state index contributed by atoms with van der Waals surface area (Å²) in [7, 11) is 4.10. The molecule has 5 heteroatoms. The minimum Gasteiger partial charge on any atom is -0.311 e. The fraction of sp³-hybridized carbons (Fsp3) is 0.556. The zero-order valence-corrected chi connectivity index (χ0v) is 10.6. The van der Waals surface area contributed by atoms with Gasteiger partial charge in [0, 0.05) is 19.6 Å². The molecule has 1 N–H and O–H groups in total. The monoisotopic (exact) mass is 252 g/mol. The second-order valence-corrected chi connectivity index (χ2v) is 5.62. The highest BCUT2D eigenvalue weighted by molar-refractivity contribution is 7.20. The Labute approximate surface area is 98.8 Å². The van der Waals surface area contributed by atoms with Gasteiger partial charge in [0.05, 0.1) is 8.67 Å². The fourth-order valence-corrected chi connectivity index (χ4v) is 2.51. The lowest BCUT2D eigenvalue weighted by molar-refractivity contribution is 0.400. The van der Waals surface area contributed by atoms with Crippen molar-refractivity contribution in [2.45, 2.75) is 6.54 Å². The predicted octanol–water partition coefficient (Wildman–Crippen LogP) is 2.71. The van der Waals surface area contributed by atoms with Crippen LogP contribution in [0, 0.1) is 0 Å². The van der Waals surface area contributed by atoms with Crippen LogP contribution in [0.25, 0.3) is 0 Å². The molecule has 1 rings (SSSR count). The SMILES string of the molecule is CN(C)CCNCc1cc(Cl)sc1Cl. The van der Waals surface area contributed by atoms with Crippen LogP contribution in [0.1, 0.15) is 5.56 Å². The Balaban J connectivity index is 2.28. The van der Waals surface area contributed by atoms with Gasteiger partial charge in [-0.25, -0.2) is 0 Å². The van der Waals surface area contributed by atoms with E-state index in [9.17, 15) is 0 Å². The van der Waals surface area contributed by atoms with Crippen LogP contribution >= 0.6 is 34.5 Å². The first-order valence-corrected chi connectivity index (χ1v) is 5.96. The molecule has 1 heterocycles. The first kappa shape index (κ1) is 12.3. The topological polar surface area (TPSA) is 15.3 Å². The zero-order valence-electron chi connectivity index (χ0n) is 8.31. The van der Waals surface area contributed by atoms with E-state index in [1.54, 1.807) is 0 Å². The highest BCUT2D eigenvalue weighted by Crippen LogP contribution is 2.30. The number of halogens is 2. The minimum atomic E-state index is 0.749. The van der Waals surface area contributed by atoms with E-state index in [0.717, 1.165) is 33.9 Å². The molecule has 0 atom stereocenters. The van der Waals surface area contributed by atoms with Crippen LogP contribution in [0.5, 0.6) is 0 Å². The third kappa shape index (κ3) is 4.15. The molecule has 0 aromatic carbocycles. The summed E-state index contributed by atoms with van der Waals surface area (Å²) in [5.74, 6) is 0. The maximum absolute atomic E-state index is 5.97. The number of thiophene rings is 1. The van der Waals surface area contributed by atoms with Crippen molar-refractivity contribution < 1.29 is 0 Å². The van der Waals surface area contributed by atoms with Gasteiger partial charge >= 0.3 is 0 Å². The van der Waals surface area contributed by atoms with Crippen LogP contribution in [-0.2, 0) is 6.54 Å². The lowest BCUT2D eigenvalue weighted by atomic mass is 10.3. The van der Waals surface area contributed by atoms with Gasteiger partial charge in [-0.15, -0.1) is 11.3 Å². The van der Waals surface area contributed by atoms with E-state index in [1.165, 1.54) is 11.3 Å². The Bertz CT molecular complexity index is 286. The Hall–Kier alpha value is 0.200. The van der Waals surface area contributed by atoms with E-state index in [4.69, 9.17) is 23.2 Å². The Kier molecular flexibility index (Phi) is 5.20. The Morgan fingerprint density at radius 3 is 2.64 bits per heavy atom. The van der Waals surface area contributed by atoms with Gasteiger partial charge in [0.1, 0.15) is 0 Å². The molecule has 0 aliphatic rings. The molecule has 0 saturated heterocycles. The van der Waals surface area contributed by atoms with Crippen molar-refractivity contribution in [3.05, 3.63) is 20.3 Å². The normalized spacial score (nSPS) is 11.2. The van der Waals surface area contributed by atoms with Crippen molar-refractivity contribution in [2.24, 2.45) is 0 Å². The average molecular weight is 253 g/mol. The highest BCUT2D eigenvalue weighted by atomic mass is 35.5. The highest BCUT2D eigenvalue weighted by Gasteiger charge is 2.04. The van der Waals surface area contributed by atoms with Gasteiger partial charge in [0.2, 0.25) is 0 Å². The molecule has 0 spiro atoms. The van der Waals surface area contributed by atoms with Crippen molar-refractivity contribution >= 4 is 34.5 Å². The summed E-state index contributed by atoms with van der Waals surface area (Å²) in [6.07, 6.45) is 0. The van der Waals surface area contributed by atoms with E-state index in [-0.39, 0.29) is 0 Å². The van der Waals surface area contributed by atoms with Gasteiger partial charge in [-0.2, -0.15) is 0 Å². The molecule has 1 aromatic heterocycles. The summed E-state index contributed by atoms with van der Waals surface area (Å²) >= 11 is 13.2. The molecule has 0 unspecified atom stereocenters. The molecule has 0 fully saturated rings. The summed E-state index contributed by atoms with van der Waals surface area (Å²) in [5.41, 5.74) is 1.08. The molecular weight excluding hydrogens is 239 g/mol. The maximum Gasteiger partial charge on any atom is 0.0989 e. The third-order valence-corrected chi connectivity index (χ3v) is 3.35. The van der Waals surface area contributed by atoms with Crippen LogP contribution in [0.4, 0.5) is 0 Å². The summed E-state index contributed by atoms with van der Waals surface area (Å²) in [4.78, 5) is 2.13. The van der Waals surface area contributed by atoms with Crippen molar-refractivity contribution in [1.82, 2.24) is 10.2 Å². The smallest absolute Gasteiger partial charge is 0.0989 e. The maximum atomic E-state index is 5.97. The number of nitrogens with zero attached hydrogens (tertiary/aromatic N) is 1. The molecule has 0 aliphatic carbocycles. The van der Waals surface area contributed by atoms with E-state index in [2.05, 4.69) is 24.3 Å². The van der Waals surface area contributed by atoms with Crippen molar-refractivity contribution in [3.63, 3.8) is 0 Å². The number of nitrogens with one attached hydrogen (secondary N) is 1. The molecule has 2 nitrogen and oxygen atoms in total. The molecule has 80 valence electrons. The summed E-state index contributed by atoms with van der Waals surface area (Å²) in [6, 6.07) is 1.91. The molecule has 0 bridgehead atoms. The lowest BCUT2D eigenvalue weighted by Crippen LogP contribution is -2.26. The molecular formula is C9H14Cl2N2S. The fourth-order valence-electron chi connectivity index (χ4n) is 1.02. The van der Waals surface area contributed by atoms with Crippen molar-refractivity contribution in [1.29, 1.82) is 0 Å². The zero-order chi connectivity index (χ0) is 10.6. The van der Waals surface area contributed by atoms with Crippen LogP contribution in [0.3, 0.4) is 0 Å². The first-order chi connectivity index (χ1) is 6.59. The molecule has 0 saturated carbocycles. The van der Waals surface area contributed by atoms with Gasteiger partial charge in [-0.05, 0) is 25.7 Å². The van der Waals surface area contributed by atoms with Crippen molar-refractivity contribution in [2.75, 3.05) is 27.2 Å². The Morgan fingerprint density at radius 2 is 2.14 bits per heavy atom. The summed E-state index contributed by atoms with van der Waals surface area (Å²) in [6.45, 7) is 2.77. The second kappa shape index (κ2) is 5.93. The van der Waals surface area contributed by atoms with E-state index in [1.807, 2.05) is 6.07 Å². The van der Waals surface area contributed by atoms with Crippen LogP contribution in [0.15, 0.2) is 6.07 Å². The van der Waals surface area contributed by atoms with E-state index < -0.39 is 0 Å². The quantitative estimate of drug-likeness (QED) is 0.812. The Morgan fingerprint density at radius 1 is 1.43 bits per heavy atom. The minimum absolute atomic E-state index is 0.749. The van der Waals surface area contributed by atoms with Gasteiger partial charge in [-0.1, -0.05) is 23.2 Å². The average Bonchev–Trinajstić information content (AvgIpc) is 2.39. The number of hydrogen-bond acceptors (Lipinski definition) is 3. The number of likely N-dealkylation sites (N-methyl/N-ethyl adjacent to an activating group) is 1. The number of rotatable bonds is 5. The van der Waals surface area contributed by atoms with Crippen LogP contribution in [0.2, 0.25) is 8.67 Å². The van der Waals surface area contributed by atoms with Gasteiger partial charge in [-0.3, -0.25) is 0 Å². The molecule has 0 aliphatic heterocycles. The lowest BCUT2D eigenvalue weighted by Gasteiger charge is -2.09. The molecule has 1 aromatic rings. The standard InChI is InChI=1S/C9H14Cl2N2S/c1-13(2)4-3-12-6-7-5-8(10)14-9(7)11/h5,12H,3-4,6H2,1-2H3. The van der Waals surface area contributed by atoms with Gasteiger partial charge < -0.3 is 10.2 Å². The molecule has 14 heavy (non-hydrogen) atoms. The van der Waals surface area contributed by atoms with Crippen LogP contribution < -0.4 is 5.32 Å². The van der Waals surface area contributed by atoms with E-state index >= 15 is 0 Å². The largest absolute Gasteiger partial charge is 0.311 e. The van der Waals surface area contributed by atoms with Crippen LogP contribution in [-0.4, -0.2) is 32.1 Å². The van der Waals surface area contributed by atoms with Gasteiger partial charge in [0.15, 0.2) is 0 Å². The molecule has 0 radical (unpaired) electrons. The summed E-state index contributed by atoms with van der Waals surface area (Å²) in [5, 5.41) is 3.31. The third-order valence-electron chi connectivity index (χ3n) is 1.78.